The van der Waals surface area contributed by atoms with Crippen molar-refractivity contribution in [1.82, 2.24) is 4.68 Å². The minimum atomic E-state index is -1.10. The number of aromatic hydroxyl groups is 1. The van der Waals surface area contributed by atoms with Crippen LogP contribution in [-0.2, 0) is 6.54 Å². The van der Waals surface area contributed by atoms with E-state index in [1.807, 2.05) is 18.9 Å². The summed E-state index contributed by atoms with van der Waals surface area (Å²) in [5.41, 5.74) is 1.16. The smallest absolute Gasteiger partial charge is 0.322 e. The average Bonchev–Trinajstić information content (AvgIpc) is 2.59. The van der Waals surface area contributed by atoms with Gasteiger partial charge < -0.3 is 14.9 Å². The van der Waals surface area contributed by atoms with Crippen LogP contribution >= 0.6 is 0 Å². The van der Waals surface area contributed by atoms with Gasteiger partial charge in [-0.2, -0.15) is 0 Å². The largest absolute Gasteiger partial charge is 0.504 e. The second kappa shape index (κ2) is 6.04. The molecule has 2 aromatic rings. The minimum Gasteiger partial charge on any atom is -0.504 e. The summed E-state index contributed by atoms with van der Waals surface area (Å²) in [6.07, 6.45) is 1.33. The van der Waals surface area contributed by atoms with E-state index in [1.165, 1.54) is 25.4 Å². The normalized spacial score (nSPS) is 12.6. The standard InChI is InChI=1S/C17H17N3O5/c1-9(2)19-7-10-4-16(25-3)15(22)5-11(10)13-6-14(21)12(8-20(13)19)17(23)18-24/h4-6,8-9,22H,7H2,1-3H3. The molecule has 1 aliphatic heterocycles. The summed E-state index contributed by atoms with van der Waals surface area (Å²) in [6.45, 7) is 4.40. The molecule has 25 heavy (non-hydrogen) atoms. The zero-order valence-electron chi connectivity index (χ0n) is 14.0. The van der Waals surface area contributed by atoms with Crippen LogP contribution in [-0.4, -0.2) is 28.8 Å². The highest BCUT2D eigenvalue weighted by molar-refractivity contribution is 5.94. The highest BCUT2D eigenvalue weighted by Crippen LogP contribution is 2.38. The summed E-state index contributed by atoms with van der Waals surface area (Å²) in [6, 6.07) is 4.57. The van der Waals surface area contributed by atoms with Gasteiger partial charge in [0.25, 0.3) is 0 Å². The summed E-state index contributed by atoms with van der Waals surface area (Å²) in [7, 11) is 1.47. The first-order chi connectivity index (χ1) is 11.9. The quantitative estimate of drug-likeness (QED) is 0.855. The van der Waals surface area contributed by atoms with Gasteiger partial charge in [-0.1, -0.05) is 0 Å². The molecule has 1 aliphatic rings. The number of amides is 1. The number of nitroso groups, excluding NO2 is 1. The summed E-state index contributed by atoms with van der Waals surface area (Å²) in [5, 5.41) is 14.3. The highest BCUT2D eigenvalue weighted by atomic mass is 16.5. The fourth-order valence-corrected chi connectivity index (χ4v) is 2.97. The molecule has 0 fully saturated rings. The first kappa shape index (κ1) is 16.7. The zero-order chi connectivity index (χ0) is 18.3. The molecule has 0 spiro atoms. The van der Waals surface area contributed by atoms with Crippen LogP contribution in [0.25, 0.3) is 11.3 Å². The molecule has 8 heteroatoms. The van der Waals surface area contributed by atoms with Crippen molar-refractivity contribution in [3.05, 3.63) is 50.7 Å². The van der Waals surface area contributed by atoms with E-state index in [4.69, 9.17) is 4.74 Å². The third-order valence-corrected chi connectivity index (χ3v) is 4.23. The van der Waals surface area contributed by atoms with Crippen molar-refractivity contribution in [2.45, 2.75) is 26.4 Å². The number of hydrogen-bond acceptors (Lipinski definition) is 6. The Morgan fingerprint density at radius 1 is 1.32 bits per heavy atom. The molecule has 0 saturated carbocycles. The number of phenolic OH excluding ortho intramolecular Hbond substituents is 1. The van der Waals surface area contributed by atoms with E-state index in [2.05, 4.69) is 5.18 Å². The zero-order valence-corrected chi connectivity index (χ0v) is 14.0. The topological polar surface area (TPSA) is 101 Å². The van der Waals surface area contributed by atoms with Gasteiger partial charge in [0.05, 0.1) is 19.3 Å². The molecular weight excluding hydrogens is 326 g/mol. The molecule has 0 atom stereocenters. The first-order valence-corrected chi connectivity index (χ1v) is 7.69. The first-order valence-electron chi connectivity index (χ1n) is 7.69. The Labute approximate surface area is 143 Å². The van der Waals surface area contributed by atoms with Gasteiger partial charge in [0.2, 0.25) is 0 Å². The van der Waals surface area contributed by atoms with E-state index >= 15 is 0 Å². The van der Waals surface area contributed by atoms with Gasteiger partial charge in [-0.25, -0.2) is 0 Å². The molecule has 8 nitrogen and oxygen atoms in total. The predicted molar refractivity (Wildman–Crippen MR) is 91.5 cm³/mol. The summed E-state index contributed by atoms with van der Waals surface area (Å²) in [5.74, 6) is -0.810. The SMILES string of the molecule is COc1cc2c(cc1O)-c1cc(=O)c(C(=O)N=O)cn1N(C(C)C)C2. The van der Waals surface area contributed by atoms with E-state index in [1.54, 1.807) is 10.7 Å². The number of hydrogen-bond donors (Lipinski definition) is 1. The maximum absolute atomic E-state index is 12.2. The van der Waals surface area contributed by atoms with E-state index in [0.717, 1.165) is 5.56 Å². The number of carbonyl (C=O) groups excluding carboxylic acids is 1. The van der Waals surface area contributed by atoms with Gasteiger partial charge in [-0.15, -0.1) is 4.91 Å². The van der Waals surface area contributed by atoms with Crippen molar-refractivity contribution in [2.75, 3.05) is 12.1 Å². The molecule has 130 valence electrons. The fourth-order valence-electron chi connectivity index (χ4n) is 2.97. The van der Waals surface area contributed by atoms with Crippen molar-refractivity contribution in [3.63, 3.8) is 0 Å². The Kier molecular flexibility index (Phi) is 4.03. The van der Waals surface area contributed by atoms with Gasteiger partial charge >= 0.3 is 5.91 Å². The molecule has 1 N–H and O–H groups in total. The third-order valence-electron chi connectivity index (χ3n) is 4.23. The maximum atomic E-state index is 12.2. The van der Waals surface area contributed by atoms with Crippen molar-refractivity contribution < 1.29 is 14.6 Å². The number of phenols is 1. The van der Waals surface area contributed by atoms with Gasteiger partial charge in [0, 0.05) is 29.0 Å². The Morgan fingerprint density at radius 3 is 2.64 bits per heavy atom. The minimum absolute atomic E-state index is 0.0429. The van der Waals surface area contributed by atoms with Crippen LogP contribution in [0.5, 0.6) is 11.5 Å². The molecule has 0 radical (unpaired) electrons. The van der Waals surface area contributed by atoms with Gasteiger partial charge in [0.15, 0.2) is 16.9 Å². The number of benzene rings is 1. The number of nitrogens with zero attached hydrogens (tertiary/aromatic N) is 3. The lowest BCUT2D eigenvalue weighted by Gasteiger charge is -2.38. The van der Waals surface area contributed by atoms with Crippen LogP contribution in [0.4, 0.5) is 0 Å². The lowest BCUT2D eigenvalue weighted by molar-refractivity contribution is 0.0999. The molecule has 0 bridgehead atoms. The number of methoxy groups -OCH3 is 1. The predicted octanol–water partition coefficient (Wildman–Crippen LogP) is 2.00. The van der Waals surface area contributed by atoms with Crippen LogP contribution in [0.2, 0.25) is 0 Å². The Balaban J connectivity index is 2.30. The lowest BCUT2D eigenvalue weighted by Crippen LogP contribution is -2.44. The van der Waals surface area contributed by atoms with E-state index in [0.29, 0.717) is 23.6 Å². The number of aromatic nitrogens is 1. The van der Waals surface area contributed by atoms with Crippen LogP contribution in [0.1, 0.15) is 29.8 Å². The molecule has 0 aliphatic carbocycles. The molecule has 1 amide bonds. The second-order valence-corrected chi connectivity index (χ2v) is 6.05. The molecule has 0 unspecified atom stereocenters. The maximum Gasteiger partial charge on any atom is 0.322 e. The number of rotatable bonds is 3. The molecule has 2 heterocycles. The van der Waals surface area contributed by atoms with Gasteiger partial charge in [-0.3, -0.25) is 14.3 Å². The number of fused-ring (bicyclic) bond motifs is 3. The van der Waals surface area contributed by atoms with E-state index < -0.39 is 11.3 Å². The van der Waals surface area contributed by atoms with E-state index in [9.17, 15) is 19.6 Å². The summed E-state index contributed by atoms with van der Waals surface area (Å²) >= 11 is 0. The second-order valence-electron chi connectivity index (χ2n) is 6.05. The summed E-state index contributed by atoms with van der Waals surface area (Å²) in [4.78, 5) is 34.4. The van der Waals surface area contributed by atoms with Crippen LogP contribution in [0.15, 0.2) is 34.4 Å². The average molecular weight is 343 g/mol. The molecular formula is C17H17N3O5. The summed E-state index contributed by atoms with van der Waals surface area (Å²) < 4.78 is 6.81. The highest BCUT2D eigenvalue weighted by Gasteiger charge is 2.27. The Bertz CT molecular complexity index is 933. The Hall–Kier alpha value is -3.16. The lowest BCUT2D eigenvalue weighted by atomic mass is 9.99. The number of carbonyl (C=O) groups is 1. The number of ether oxygens (including phenoxy) is 1. The van der Waals surface area contributed by atoms with Crippen LogP contribution in [0.3, 0.4) is 0 Å². The monoisotopic (exact) mass is 343 g/mol. The molecule has 0 saturated heterocycles. The van der Waals surface area contributed by atoms with Crippen molar-refractivity contribution in [1.29, 1.82) is 0 Å². The van der Waals surface area contributed by atoms with Gasteiger partial charge in [-0.05, 0) is 31.5 Å². The fraction of sp³-hybridized carbons (Fsp3) is 0.294. The van der Waals surface area contributed by atoms with Crippen molar-refractivity contribution in [3.8, 4) is 22.8 Å². The third kappa shape index (κ3) is 2.65. The number of pyridine rings is 1. The van der Waals surface area contributed by atoms with Crippen LogP contribution < -0.4 is 15.2 Å². The van der Waals surface area contributed by atoms with Crippen molar-refractivity contribution in [2.24, 2.45) is 5.18 Å². The van der Waals surface area contributed by atoms with Crippen LogP contribution in [0, 0.1) is 4.91 Å². The Morgan fingerprint density at radius 2 is 2.04 bits per heavy atom. The molecule has 1 aromatic heterocycles. The van der Waals surface area contributed by atoms with Gasteiger partial charge in [0.1, 0.15) is 5.56 Å². The molecule has 3 rings (SSSR count). The molecule has 1 aromatic carbocycles. The van der Waals surface area contributed by atoms with E-state index in [-0.39, 0.29) is 17.4 Å². The van der Waals surface area contributed by atoms with Crippen molar-refractivity contribution >= 4 is 5.91 Å².